The van der Waals surface area contributed by atoms with Gasteiger partial charge in [0.15, 0.2) is 5.76 Å². The van der Waals surface area contributed by atoms with Crippen molar-refractivity contribution in [2.75, 3.05) is 37.6 Å². The van der Waals surface area contributed by atoms with Crippen LogP contribution < -0.4 is 10.2 Å². The van der Waals surface area contributed by atoms with E-state index in [-0.39, 0.29) is 17.6 Å². The second-order valence-electron chi connectivity index (χ2n) is 5.56. The number of rotatable bonds is 5. The SMILES string of the molecule is O=C(NCCC(=O)N1CCN(c2ccncc2)CC1)c1ccco1. The standard InChI is InChI=1S/C17H20N4O3/c22-16(5-8-19-17(23)15-2-1-13-24-15)21-11-9-20(10-12-21)14-3-6-18-7-4-14/h1-4,6-7,13H,5,8-12H2,(H,19,23). The molecule has 0 unspecified atom stereocenters. The maximum Gasteiger partial charge on any atom is 0.286 e. The average molecular weight is 328 g/mol. The highest BCUT2D eigenvalue weighted by Gasteiger charge is 2.21. The highest BCUT2D eigenvalue weighted by Crippen LogP contribution is 2.15. The summed E-state index contributed by atoms with van der Waals surface area (Å²) in [5, 5.41) is 2.69. The minimum absolute atomic E-state index is 0.0594. The quantitative estimate of drug-likeness (QED) is 0.890. The van der Waals surface area contributed by atoms with Crippen molar-refractivity contribution >= 4 is 17.5 Å². The smallest absolute Gasteiger partial charge is 0.286 e. The Kier molecular flexibility index (Phi) is 5.10. The van der Waals surface area contributed by atoms with Crippen molar-refractivity contribution in [1.29, 1.82) is 0 Å². The van der Waals surface area contributed by atoms with Crippen LogP contribution in [0.25, 0.3) is 0 Å². The first-order valence-electron chi connectivity index (χ1n) is 7.98. The largest absolute Gasteiger partial charge is 0.459 e. The molecule has 1 fully saturated rings. The molecule has 0 aliphatic carbocycles. The van der Waals surface area contributed by atoms with E-state index in [1.54, 1.807) is 24.5 Å². The Labute approximate surface area is 140 Å². The first-order valence-corrected chi connectivity index (χ1v) is 7.98. The van der Waals surface area contributed by atoms with Crippen molar-refractivity contribution in [1.82, 2.24) is 15.2 Å². The van der Waals surface area contributed by atoms with Gasteiger partial charge >= 0.3 is 0 Å². The number of pyridine rings is 1. The van der Waals surface area contributed by atoms with Crippen LogP contribution in [0.15, 0.2) is 47.3 Å². The van der Waals surface area contributed by atoms with E-state index >= 15 is 0 Å². The molecule has 7 heteroatoms. The van der Waals surface area contributed by atoms with E-state index in [1.807, 2.05) is 17.0 Å². The molecule has 126 valence electrons. The summed E-state index contributed by atoms with van der Waals surface area (Å²) in [6, 6.07) is 7.20. The van der Waals surface area contributed by atoms with Gasteiger partial charge in [0, 0.05) is 57.2 Å². The van der Waals surface area contributed by atoms with E-state index < -0.39 is 0 Å². The Hall–Kier alpha value is -2.83. The summed E-state index contributed by atoms with van der Waals surface area (Å²) in [6.45, 7) is 3.28. The molecular weight excluding hydrogens is 308 g/mol. The molecule has 0 bridgehead atoms. The molecule has 3 heterocycles. The van der Waals surface area contributed by atoms with Gasteiger partial charge in [-0.1, -0.05) is 0 Å². The number of carbonyl (C=O) groups excluding carboxylic acids is 2. The lowest BCUT2D eigenvalue weighted by Gasteiger charge is -2.36. The molecule has 2 aromatic rings. The zero-order chi connectivity index (χ0) is 16.8. The Balaban J connectivity index is 1.40. The Morgan fingerprint density at radius 1 is 1.12 bits per heavy atom. The third-order valence-corrected chi connectivity index (χ3v) is 4.03. The third-order valence-electron chi connectivity index (χ3n) is 4.03. The molecule has 3 rings (SSSR count). The normalized spacial score (nSPS) is 14.5. The molecule has 2 aromatic heterocycles. The molecule has 0 aromatic carbocycles. The lowest BCUT2D eigenvalue weighted by Crippen LogP contribution is -2.49. The van der Waals surface area contributed by atoms with E-state index in [1.165, 1.54) is 6.26 Å². The molecule has 2 amide bonds. The van der Waals surface area contributed by atoms with E-state index in [9.17, 15) is 9.59 Å². The number of furan rings is 1. The van der Waals surface area contributed by atoms with Gasteiger partial charge in [-0.25, -0.2) is 0 Å². The number of aromatic nitrogens is 1. The number of nitrogens with zero attached hydrogens (tertiary/aromatic N) is 3. The monoisotopic (exact) mass is 328 g/mol. The van der Waals surface area contributed by atoms with Crippen molar-refractivity contribution < 1.29 is 14.0 Å². The van der Waals surface area contributed by atoms with Crippen LogP contribution in [0.2, 0.25) is 0 Å². The number of piperazine rings is 1. The van der Waals surface area contributed by atoms with Crippen LogP contribution >= 0.6 is 0 Å². The lowest BCUT2D eigenvalue weighted by molar-refractivity contribution is -0.131. The fourth-order valence-corrected chi connectivity index (χ4v) is 2.70. The first kappa shape index (κ1) is 16.0. The van der Waals surface area contributed by atoms with Gasteiger partial charge in [-0.05, 0) is 24.3 Å². The summed E-state index contributed by atoms with van der Waals surface area (Å²) in [5.41, 5.74) is 1.13. The number of hydrogen-bond acceptors (Lipinski definition) is 5. The molecule has 1 aliphatic heterocycles. The van der Waals surface area contributed by atoms with Gasteiger partial charge in [-0.3, -0.25) is 14.6 Å². The predicted molar refractivity (Wildman–Crippen MR) is 88.7 cm³/mol. The van der Waals surface area contributed by atoms with Gasteiger partial charge in [0.25, 0.3) is 5.91 Å². The van der Waals surface area contributed by atoms with Gasteiger partial charge in [0.05, 0.1) is 6.26 Å². The van der Waals surface area contributed by atoms with Crippen molar-refractivity contribution in [3.63, 3.8) is 0 Å². The maximum atomic E-state index is 12.2. The summed E-state index contributed by atoms with van der Waals surface area (Å²) in [5.74, 6) is 0.0212. The van der Waals surface area contributed by atoms with E-state index in [2.05, 4.69) is 15.2 Å². The second kappa shape index (κ2) is 7.63. The molecule has 0 radical (unpaired) electrons. The summed E-state index contributed by atoms with van der Waals surface area (Å²) < 4.78 is 5.01. The minimum atomic E-state index is -0.296. The van der Waals surface area contributed by atoms with Crippen molar-refractivity contribution in [3.8, 4) is 0 Å². The lowest BCUT2D eigenvalue weighted by atomic mass is 10.2. The Morgan fingerprint density at radius 2 is 1.88 bits per heavy atom. The van der Waals surface area contributed by atoms with Crippen LogP contribution in [0.5, 0.6) is 0 Å². The van der Waals surface area contributed by atoms with E-state index in [0.717, 1.165) is 18.8 Å². The molecule has 0 saturated carbocycles. The van der Waals surface area contributed by atoms with Gasteiger partial charge in [0.2, 0.25) is 5.91 Å². The van der Waals surface area contributed by atoms with Crippen LogP contribution in [0.1, 0.15) is 17.0 Å². The molecule has 0 atom stereocenters. The predicted octanol–water partition coefficient (Wildman–Crippen LogP) is 1.14. The molecule has 0 spiro atoms. The molecule has 7 nitrogen and oxygen atoms in total. The fourth-order valence-electron chi connectivity index (χ4n) is 2.70. The van der Waals surface area contributed by atoms with Gasteiger partial charge in [-0.15, -0.1) is 0 Å². The topological polar surface area (TPSA) is 78.7 Å². The Morgan fingerprint density at radius 3 is 2.54 bits per heavy atom. The Bertz CT molecular complexity index is 664. The average Bonchev–Trinajstić information content (AvgIpc) is 3.17. The number of nitrogens with one attached hydrogen (secondary N) is 1. The third kappa shape index (κ3) is 3.92. The van der Waals surface area contributed by atoms with Crippen molar-refractivity contribution in [2.45, 2.75) is 6.42 Å². The highest BCUT2D eigenvalue weighted by atomic mass is 16.3. The zero-order valence-electron chi connectivity index (χ0n) is 13.4. The van der Waals surface area contributed by atoms with E-state index in [0.29, 0.717) is 26.1 Å². The highest BCUT2D eigenvalue weighted by molar-refractivity contribution is 5.91. The van der Waals surface area contributed by atoms with Gasteiger partial charge in [0.1, 0.15) is 0 Å². The molecular formula is C17H20N4O3. The van der Waals surface area contributed by atoms with Crippen LogP contribution in [-0.2, 0) is 4.79 Å². The van der Waals surface area contributed by atoms with Crippen LogP contribution in [0, 0.1) is 0 Å². The second-order valence-corrected chi connectivity index (χ2v) is 5.56. The molecule has 1 N–H and O–H groups in total. The van der Waals surface area contributed by atoms with Crippen LogP contribution in [0.3, 0.4) is 0 Å². The minimum Gasteiger partial charge on any atom is -0.459 e. The van der Waals surface area contributed by atoms with E-state index in [4.69, 9.17) is 4.42 Å². The number of hydrogen-bond donors (Lipinski definition) is 1. The maximum absolute atomic E-state index is 12.2. The summed E-state index contributed by atoms with van der Waals surface area (Å²) in [4.78, 5) is 32.1. The molecule has 24 heavy (non-hydrogen) atoms. The summed E-state index contributed by atoms with van der Waals surface area (Å²) >= 11 is 0. The summed E-state index contributed by atoms with van der Waals surface area (Å²) in [7, 11) is 0. The zero-order valence-corrected chi connectivity index (χ0v) is 13.4. The van der Waals surface area contributed by atoms with Crippen LogP contribution in [0.4, 0.5) is 5.69 Å². The first-order chi connectivity index (χ1) is 11.7. The van der Waals surface area contributed by atoms with Crippen LogP contribution in [-0.4, -0.2) is 54.4 Å². The van der Waals surface area contributed by atoms with Gasteiger partial charge in [-0.2, -0.15) is 0 Å². The van der Waals surface area contributed by atoms with Crippen molar-refractivity contribution in [3.05, 3.63) is 48.7 Å². The fraction of sp³-hybridized carbons (Fsp3) is 0.353. The number of anilines is 1. The number of carbonyl (C=O) groups is 2. The number of amides is 2. The van der Waals surface area contributed by atoms with Crippen molar-refractivity contribution in [2.24, 2.45) is 0 Å². The summed E-state index contributed by atoms with van der Waals surface area (Å²) in [6.07, 6.45) is 5.28. The molecule has 1 saturated heterocycles. The van der Waals surface area contributed by atoms with Gasteiger partial charge < -0.3 is 19.5 Å². The molecule has 1 aliphatic rings.